The Labute approximate surface area is 102 Å². The molecule has 17 heavy (non-hydrogen) atoms. The van der Waals surface area contributed by atoms with Crippen molar-refractivity contribution in [2.75, 3.05) is 13.6 Å². The summed E-state index contributed by atoms with van der Waals surface area (Å²) < 4.78 is 5.20. The number of hydrogen-bond donors (Lipinski definition) is 1. The first-order valence-electron chi connectivity index (χ1n) is 6.34. The highest BCUT2D eigenvalue weighted by atomic mass is 16.5. The Kier molecular flexibility index (Phi) is 3.79. The van der Waals surface area contributed by atoms with Crippen LogP contribution in [-0.4, -0.2) is 34.7 Å². The molecular formula is C12H22N4O. The van der Waals surface area contributed by atoms with Gasteiger partial charge in [-0.15, -0.1) is 0 Å². The highest BCUT2D eigenvalue weighted by Crippen LogP contribution is 2.34. The van der Waals surface area contributed by atoms with Crippen LogP contribution in [0.2, 0.25) is 0 Å². The molecule has 2 rings (SSSR count). The van der Waals surface area contributed by atoms with E-state index < -0.39 is 0 Å². The van der Waals surface area contributed by atoms with Crippen LogP contribution in [0.5, 0.6) is 0 Å². The first kappa shape index (κ1) is 12.5. The number of aromatic nitrogens is 2. The molecule has 0 bridgehead atoms. The number of nitrogens with zero attached hydrogens (tertiary/aromatic N) is 3. The fourth-order valence-corrected chi connectivity index (χ4v) is 2.12. The maximum absolute atomic E-state index is 5.82. The summed E-state index contributed by atoms with van der Waals surface area (Å²) in [6.07, 6.45) is 2.60. The van der Waals surface area contributed by atoms with Gasteiger partial charge in [-0.3, -0.25) is 4.90 Å². The Balaban J connectivity index is 1.94. The van der Waals surface area contributed by atoms with Gasteiger partial charge in [-0.2, -0.15) is 4.98 Å². The van der Waals surface area contributed by atoms with Crippen molar-refractivity contribution in [2.45, 2.75) is 45.2 Å². The van der Waals surface area contributed by atoms with Gasteiger partial charge in [-0.1, -0.05) is 19.0 Å². The van der Waals surface area contributed by atoms with Crippen LogP contribution in [0.25, 0.3) is 0 Å². The number of nitrogens with two attached hydrogens (primary N) is 1. The fraction of sp³-hybridized carbons (Fsp3) is 0.833. The summed E-state index contributed by atoms with van der Waals surface area (Å²) in [5.41, 5.74) is 5.82. The largest absolute Gasteiger partial charge is 0.339 e. The van der Waals surface area contributed by atoms with E-state index in [2.05, 4.69) is 22.1 Å². The first-order valence-corrected chi connectivity index (χ1v) is 6.34. The molecule has 1 fully saturated rings. The Hall–Kier alpha value is -0.940. The lowest BCUT2D eigenvalue weighted by Gasteiger charge is -2.25. The molecule has 96 valence electrons. The van der Waals surface area contributed by atoms with Gasteiger partial charge in [0, 0.05) is 18.5 Å². The molecule has 0 saturated heterocycles. The molecule has 1 atom stereocenters. The number of hydrogen-bond acceptors (Lipinski definition) is 5. The average Bonchev–Trinajstić information content (AvgIpc) is 2.98. The lowest BCUT2D eigenvalue weighted by Crippen LogP contribution is -2.39. The minimum absolute atomic E-state index is 0.287. The quantitative estimate of drug-likeness (QED) is 0.810. The fourth-order valence-electron chi connectivity index (χ4n) is 2.12. The Bertz CT molecular complexity index is 359. The second-order valence-electron chi connectivity index (χ2n) is 5.26. The van der Waals surface area contributed by atoms with E-state index in [0.29, 0.717) is 25.0 Å². The van der Waals surface area contributed by atoms with Gasteiger partial charge in [-0.25, -0.2) is 0 Å². The summed E-state index contributed by atoms with van der Waals surface area (Å²) in [5, 5.41) is 4.01. The zero-order chi connectivity index (χ0) is 12.4. The zero-order valence-corrected chi connectivity index (χ0v) is 10.9. The molecule has 0 aromatic carbocycles. The second-order valence-corrected chi connectivity index (χ2v) is 5.26. The number of rotatable bonds is 6. The van der Waals surface area contributed by atoms with Crippen molar-refractivity contribution in [1.82, 2.24) is 15.0 Å². The van der Waals surface area contributed by atoms with Crippen molar-refractivity contribution in [3.05, 3.63) is 11.7 Å². The molecular weight excluding hydrogens is 216 g/mol. The molecule has 1 unspecified atom stereocenters. The van der Waals surface area contributed by atoms with E-state index in [9.17, 15) is 0 Å². The van der Waals surface area contributed by atoms with Crippen LogP contribution >= 0.6 is 0 Å². The van der Waals surface area contributed by atoms with Crippen LogP contribution in [0.1, 0.15) is 44.3 Å². The third-order valence-electron chi connectivity index (χ3n) is 3.34. The molecule has 0 radical (unpaired) electrons. The van der Waals surface area contributed by atoms with E-state index in [4.69, 9.17) is 10.3 Å². The average molecular weight is 238 g/mol. The molecule has 1 aliphatic carbocycles. The van der Waals surface area contributed by atoms with Gasteiger partial charge in [0.05, 0.1) is 6.54 Å². The Morgan fingerprint density at radius 2 is 2.18 bits per heavy atom. The van der Waals surface area contributed by atoms with Crippen LogP contribution in [0, 0.1) is 5.92 Å². The Morgan fingerprint density at radius 1 is 1.47 bits per heavy atom. The summed E-state index contributed by atoms with van der Waals surface area (Å²) in [7, 11) is 2.08. The van der Waals surface area contributed by atoms with Crippen molar-refractivity contribution in [3.8, 4) is 0 Å². The van der Waals surface area contributed by atoms with E-state index >= 15 is 0 Å². The van der Waals surface area contributed by atoms with E-state index in [0.717, 1.165) is 11.7 Å². The summed E-state index contributed by atoms with van der Waals surface area (Å²) in [6, 6.07) is 0.455. The standard InChI is InChI=1S/C12H22N4O/c1-8(2)12-14-11(15-17-12)7-16(3)10(6-13)9-4-5-9/h8-10H,4-7,13H2,1-3H3. The van der Waals surface area contributed by atoms with Gasteiger partial charge in [-0.05, 0) is 25.8 Å². The topological polar surface area (TPSA) is 68.2 Å². The molecule has 0 amide bonds. The molecule has 1 aromatic heterocycles. The van der Waals surface area contributed by atoms with Gasteiger partial charge >= 0.3 is 0 Å². The molecule has 1 aromatic rings. The monoisotopic (exact) mass is 238 g/mol. The molecule has 1 saturated carbocycles. The smallest absolute Gasteiger partial charge is 0.229 e. The summed E-state index contributed by atoms with van der Waals surface area (Å²) >= 11 is 0. The van der Waals surface area contributed by atoms with Crippen molar-refractivity contribution in [2.24, 2.45) is 11.7 Å². The minimum Gasteiger partial charge on any atom is -0.339 e. The maximum Gasteiger partial charge on any atom is 0.229 e. The van der Waals surface area contributed by atoms with Gasteiger partial charge in [0.25, 0.3) is 0 Å². The predicted molar refractivity (Wildman–Crippen MR) is 65.4 cm³/mol. The van der Waals surface area contributed by atoms with Crippen molar-refractivity contribution >= 4 is 0 Å². The molecule has 5 nitrogen and oxygen atoms in total. The maximum atomic E-state index is 5.82. The normalized spacial score (nSPS) is 18.0. The third kappa shape index (κ3) is 3.04. The Morgan fingerprint density at radius 3 is 2.65 bits per heavy atom. The van der Waals surface area contributed by atoms with Crippen LogP contribution in [0.3, 0.4) is 0 Å². The van der Waals surface area contributed by atoms with Crippen molar-refractivity contribution in [3.63, 3.8) is 0 Å². The van der Waals surface area contributed by atoms with Gasteiger partial charge in [0.1, 0.15) is 0 Å². The van der Waals surface area contributed by atoms with Gasteiger partial charge in [0.15, 0.2) is 5.82 Å². The summed E-state index contributed by atoms with van der Waals surface area (Å²) in [5.74, 6) is 2.52. The lowest BCUT2D eigenvalue weighted by atomic mass is 10.1. The van der Waals surface area contributed by atoms with Crippen LogP contribution in [-0.2, 0) is 6.54 Å². The molecule has 1 heterocycles. The third-order valence-corrected chi connectivity index (χ3v) is 3.34. The molecule has 5 heteroatoms. The molecule has 0 aliphatic heterocycles. The van der Waals surface area contributed by atoms with Crippen molar-refractivity contribution in [1.29, 1.82) is 0 Å². The van der Waals surface area contributed by atoms with Crippen LogP contribution in [0.15, 0.2) is 4.52 Å². The van der Waals surface area contributed by atoms with Gasteiger partial charge in [0.2, 0.25) is 5.89 Å². The summed E-state index contributed by atoms with van der Waals surface area (Å²) in [4.78, 5) is 6.63. The second kappa shape index (κ2) is 5.14. The summed E-state index contributed by atoms with van der Waals surface area (Å²) in [6.45, 7) is 5.52. The minimum atomic E-state index is 0.287. The van der Waals surface area contributed by atoms with Crippen LogP contribution in [0.4, 0.5) is 0 Å². The SMILES string of the molecule is CC(C)c1nc(CN(C)C(CN)C2CC2)no1. The predicted octanol–water partition coefficient (Wildman–Crippen LogP) is 1.36. The lowest BCUT2D eigenvalue weighted by molar-refractivity contribution is 0.208. The molecule has 2 N–H and O–H groups in total. The molecule has 0 spiro atoms. The van der Waals surface area contributed by atoms with E-state index in [1.807, 2.05) is 13.8 Å². The van der Waals surface area contributed by atoms with E-state index in [-0.39, 0.29) is 5.92 Å². The number of likely N-dealkylation sites (N-methyl/N-ethyl adjacent to an activating group) is 1. The van der Waals surface area contributed by atoms with Gasteiger partial charge < -0.3 is 10.3 Å². The highest BCUT2D eigenvalue weighted by Gasteiger charge is 2.33. The molecule has 1 aliphatic rings. The zero-order valence-electron chi connectivity index (χ0n) is 10.9. The van der Waals surface area contributed by atoms with E-state index in [1.54, 1.807) is 0 Å². The highest BCUT2D eigenvalue weighted by molar-refractivity contribution is 4.93. The van der Waals surface area contributed by atoms with Crippen molar-refractivity contribution < 1.29 is 4.52 Å². The first-order chi connectivity index (χ1) is 8.11. The van der Waals surface area contributed by atoms with Crippen LogP contribution < -0.4 is 5.73 Å². The van der Waals surface area contributed by atoms with E-state index in [1.165, 1.54) is 12.8 Å².